The Morgan fingerprint density at radius 2 is 2.67 bits per heavy atom. The Balaban J connectivity index is 1.93. The maximum absolute atomic E-state index is 6.76. The van der Waals surface area contributed by atoms with Crippen molar-refractivity contribution in [2.24, 2.45) is 0 Å². The molecule has 0 aliphatic heterocycles. The molecule has 1 N–H and O–H groups in total. The third kappa shape index (κ3) is 0.548. The summed E-state index contributed by atoms with van der Waals surface area (Å²) >= 11 is 0. The van der Waals surface area contributed by atoms with E-state index in [-0.39, 0.29) is 0 Å². The SMILES string of the molecule is [2H]CNC1CCC1. The van der Waals surface area contributed by atoms with Gasteiger partial charge in [-0.1, -0.05) is 6.42 Å². The number of hydrogen-bond acceptors (Lipinski definition) is 1. The third-order valence-corrected chi connectivity index (χ3v) is 1.39. The summed E-state index contributed by atoms with van der Waals surface area (Å²) in [4.78, 5) is 0. The Labute approximate surface area is 40.1 Å². The van der Waals surface area contributed by atoms with Gasteiger partial charge < -0.3 is 5.32 Å². The lowest BCUT2D eigenvalue weighted by Gasteiger charge is -2.23. The summed E-state index contributed by atoms with van der Waals surface area (Å²) in [5, 5.41) is 3.05. The molecule has 0 saturated heterocycles. The molecule has 1 aliphatic rings. The van der Waals surface area contributed by atoms with Crippen LogP contribution in [0.2, 0.25) is 0 Å². The van der Waals surface area contributed by atoms with Crippen molar-refractivity contribution in [2.45, 2.75) is 25.3 Å². The minimum absolute atomic E-state index is 0.394. The van der Waals surface area contributed by atoms with E-state index in [0.29, 0.717) is 13.1 Å². The van der Waals surface area contributed by atoms with Crippen molar-refractivity contribution in [3.8, 4) is 0 Å². The van der Waals surface area contributed by atoms with E-state index in [1.807, 2.05) is 0 Å². The van der Waals surface area contributed by atoms with E-state index in [9.17, 15) is 0 Å². The zero-order valence-electron chi connectivity index (χ0n) is 4.91. The van der Waals surface area contributed by atoms with Crippen LogP contribution in [0.15, 0.2) is 0 Å². The van der Waals surface area contributed by atoms with Gasteiger partial charge >= 0.3 is 0 Å². The molecule has 0 amide bonds. The summed E-state index contributed by atoms with van der Waals surface area (Å²) < 4.78 is 6.76. The summed E-state index contributed by atoms with van der Waals surface area (Å²) in [6.07, 6.45) is 3.94. The van der Waals surface area contributed by atoms with Gasteiger partial charge in [0.25, 0.3) is 0 Å². The largest absolute Gasteiger partial charge is 0.317 e. The maximum Gasteiger partial charge on any atom is 0.0391 e. The zero-order chi connectivity index (χ0) is 5.11. The molecule has 0 spiro atoms. The lowest BCUT2D eigenvalue weighted by Crippen LogP contribution is -2.31. The van der Waals surface area contributed by atoms with Crippen LogP contribution in [0.3, 0.4) is 0 Å². The van der Waals surface area contributed by atoms with Gasteiger partial charge in [0.05, 0.1) is 0 Å². The molecule has 1 aliphatic carbocycles. The van der Waals surface area contributed by atoms with Gasteiger partial charge in [0.2, 0.25) is 0 Å². The van der Waals surface area contributed by atoms with Gasteiger partial charge in [-0.05, 0) is 19.9 Å². The van der Waals surface area contributed by atoms with Crippen molar-refractivity contribution < 1.29 is 1.37 Å². The second-order valence-corrected chi connectivity index (χ2v) is 1.83. The quantitative estimate of drug-likeness (QED) is 0.496. The molecule has 0 radical (unpaired) electrons. The van der Waals surface area contributed by atoms with Gasteiger partial charge in [0.1, 0.15) is 0 Å². The van der Waals surface area contributed by atoms with Gasteiger partial charge in [-0.3, -0.25) is 0 Å². The minimum Gasteiger partial charge on any atom is -0.317 e. The van der Waals surface area contributed by atoms with Crippen molar-refractivity contribution in [1.82, 2.24) is 5.32 Å². The first-order valence-electron chi connectivity index (χ1n) is 3.17. The van der Waals surface area contributed by atoms with Gasteiger partial charge in [0, 0.05) is 7.41 Å². The molecule has 1 nitrogen and oxygen atoms in total. The minimum atomic E-state index is 0.394. The Kier molecular flexibility index (Phi) is 0.810. The van der Waals surface area contributed by atoms with Crippen molar-refractivity contribution in [2.75, 3.05) is 7.02 Å². The summed E-state index contributed by atoms with van der Waals surface area (Å²) in [5.74, 6) is 0. The molecular formula is C5H11N. The van der Waals surface area contributed by atoms with Gasteiger partial charge in [-0.2, -0.15) is 0 Å². The van der Waals surface area contributed by atoms with Crippen LogP contribution in [0.25, 0.3) is 0 Å². The molecule has 0 aromatic heterocycles. The number of hydrogen-bond donors (Lipinski definition) is 1. The Bertz CT molecular complexity index is 52.0. The van der Waals surface area contributed by atoms with Crippen LogP contribution in [0.4, 0.5) is 0 Å². The first-order valence-corrected chi connectivity index (χ1v) is 2.46. The second kappa shape index (κ2) is 1.61. The molecule has 1 heteroatoms. The Hall–Kier alpha value is -0.0400. The number of nitrogens with one attached hydrogen (secondary N) is 1. The summed E-state index contributed by atoms with van der Waals surface area (Å²) in [6.45, 7) is 0. The molecule has 0 aromatic rings. The first-order chi connectivity index (χ1) is 3.43. The molecule has 1 saturated carbocycles. The van der Waals surface area contributed by atoms with Crippen molar-refractivity contribution in [1.29, 1.82) is 0 Å². The second-order valence-electron chi connectivity index (χ2n) is 1.83. The van der Waals surface area contributed by atoms with Crippen LogP contribution in [0.1, 0.15) is 20.6 Å². The standard InChI is InChI=1S/C5H11N/c1-6-5-3-2-4-5/h5-6H,2-4H2,1H3/i1D. The lowest BCUT2D eigenvalue weighted by atomic mass is 9.94. The van der Waals surface area contributed by atoms with Crippen LogP contribution < -0.4 is 5.32 Å². The van der Waals surface area contributed by atoms with E-state index in [2.05, 4.69) is 5.32 Å². The van der Waals surface area contributed by atoms with E-state index in [4.69, 9.17) is 1.37 Å². The smallest absolute Gasteiger partial charge is 0.0391 e. The molecule has 0 aromatic carbocycles. The molecular weight excluding hydrogens is 74.1 g/mol. The van der Waals surface area contributed by atoms with Gasteiger partial charge in [-0.15, -0.1) is 0 Å². The average Bonchev–Trinajstić information content (AvgIpc) is 1.55. The fourth-order valence-electron chi connectivity index (χ4n) is 0.612. The molecule has 36 valence electrons. The van der Waals surface area contributed by atoms with E-state index in [1.54, 1.807) is 0 Å². The molecule has 1 rings (SSSR count). The molecule has 1 fully saturated rings. The molecule has 0 atom stereocenters. The first kappa shape index (κ1) is 3.03. The summed E-state index contributed by atoms with van der Waals surface area (Å²) in [6, 6.07) is 0.692. The topological polar surface area (TPSA) is 12.0 Å². The molecule has 0 unspecified atom stereocenters. The van der Waals surface area contributed by atoms with Crippen LogP contribution in [0.5, 0.6) is 0 Å². The van der Waals surface area contributed by atoms with Crippen molar-refractivity contribution in [3.63, 3.8) is 0 Å². The van der Waals surface area contributed by atoms with E-state index >= 15 is 0 Å². The fourth-order valence-corrected chi connectivity index (χ4v) is 0.612. The van der Waals surface area contributed by atoms with E-state index < -0.39 is 0 Å². The van der Waals surface area contributed by atoms with E-state index in [1.165, 1.54) is 19.3 Å². The summed E-state index contributed by atoms with van der Waals surface area (Å²) in [5.41, 5.74) is 0. The van der Waals surface area contributed by atoms with E-state index in [0.717, 1.165) is 0 Å². The highest BCUT2D eigenvalue weighted by atomic mass is 14.9. The zero-order valence-corrected chi connectivity index (χ0v) is 3.91. The van der Waals surface area contributed by atoms with Gasteiger partial charge in [-0.25, -0.2) is 0 Å². The molecule has 6 heavy (non-hydrogen) atoms. The molecule has 0 heterocycles. The maximum atomic E-state index is 6.76. The predicted octanol–water partition coefficient (Wildman–Crippen LogP) is 0.758. The van der Waals surface area contributed by atoms with Crippen molar-refractivity contribution in [3.05, 3.63) is 0 Å². The highest BCUT2D eigenvalue weighted by molar-refractivity contribution is 4.73. The van der Waals surface area contributed by atoms with Crippen molar-refractivity contribution >= 4 is 0 Å². The van der Waals surface area contributed by atoms with Crippen LogP contribution in [-0.4, -0.2) is 13.1 Å². The fraction of sp³-hybridized carbons (Fsp3) is 1.00. The molecule has 0 bridgehead atoms. The highest BCUT2D eigenvalue weighted by Crippen LogP contribution is 2.16. The van der Waals surface area contributed by atoms with Crippen LogP contribution in [0, 0.1) is 0 Å². The normalized spacial score (nSPS) is 25.7. The van der Waals surface area contributed by atoms with Crippen LogP contribution in [-0.2, 0) is 0 Å². The van der Waals surface area contributed by atoms with Crippen LogP contribution >= 0.6 is 0 Å². The lowest BCUT2D eigenvalue weighted by molar-refractivity contribution is 0.361. The average molecular weight is 86.2 g/mol. The third-order valence-electron chi connectivity index (χ3n) is 1.39. The Morgan fingerprint density at radius 1 is 1.83 bits per heavy atom. The predicted molar refractivity (Wildman–Crippen MR) is 26.7 cm³/mol. The highest BCUT2D eigenvalue weighted by Gasteiger charge is 2.13. The number of rotatable bonds is 1. The summed E-state index contributed by atoms with van der Waals surface area (Å²) in [7, 11) is 0.394. The Morgan fingerprint density at radius 3 is 2.83 bits per heavy atom. The van der Waals surface area contributed by atoms with Gasteiger partial charge in [0.15, 0.2) is 0 Å². The monoisotopic (exact) mass is 86.1 g/mol.